The van der Waals surface area contributed by atoms with Crippen LogP contribution in [0.1, 0.15) is 34.6 Å². The van der Waals surface area contributed by atoms with E-state index in [-0.39, 0.29) is 23.2 Å². The van der Waals surface area contributed by atoms with E-state index in [0.29, 0.717) is 13.2 Å². The second kappa shape index (κ2) is 9.63. The Kier molecular flexibility index (Phi) is 7.18. The molecule has 2 aromatic rings. The summed E-state index contributed by atoms with van der Waals surface area (Å²) in [7, 11) is 0. The molecule has 1 saturated heterocycles. The highest BCUT2D eigenvalue weighted by atomic mass is 32.2. The number of rotatable bonds is 7. The van der Waals surface area contributed by atoms with Gasteiger partial charge in [-0.25, -0.2) is 0 Å². The Morgan fingerprint density at radius 1 is 1.03 bits per heavy atom. The van der Waals surface area contributed by atoms with Crippen molar-refractivity contribution in [3.8, 4) is 5.69 Å². The molecule has 1 aliphatic heterocycles. The Morgan fingerprint density at radius 2 is 1.66 bits per heavy atom. The lowest BCUT2D eigenvalue weighted by molar-refractivity contribution is -0.133. The molecule has 1 aliphatic rings. The van der Waals surface area contributed by atoms with Crippen LogP contribution in [0.4, 0.5) is 5.95 Å². The molecule has 29 heavy (non-hydrogen) atoms. The summed E-state index contributed by atoms with van der Waals surface area (Å²) >= 11 is 1.46. The fraction of sp³-hybridized carbons (Fsp3) is 0.571. The molecule has 1 amide bonds. The number of nitrogens with zero attached hydrogens (tertiary/aromatic N) is 5. The smallest absolute Gasteiger partial charge is 0.236 e. The van der Waals surface area contributed by atoms with Crippen molar-refractivity contribution in [1.29, 1.82) is 0 Å². The molecule has 0 aliphatic carbocycles. The number of morpholine rings is 1. The van der Waals surface area contributed by atoms with Crippen molar-refractivity contribution < 1.29 is 9.53 Å². The lowest BCUT2D eigenvalue weighted by Gasteiger charge is -2.33. The monoisotopic (exact) mass is 417 g/mol. The maximum absolute atomic E-state index is 13.1. The van der Waals surface area contributed by atoms with Gasteiger partial charge in [-0.1, -0.05) is 30.0 Å². The van der Waals surface area contributed by atoms with Crippen molar-refractivity contribution in [3.05, 3.63) is 30.3 Å². The van der Waals surface area contributed by atoms with E-state index in [2.05, 4.69) is 47.4 Å². The highest BCUT2D eigenvalue weighted by Crippen LogP contribution is 2.30. The molecule has 1 atom stereocenters. The van der Waals surface area contributed by atoms with Crippen molar-refractivity contribution in [2.45, 2.75) is 57.1 Å². The molecule has 1 fully saturated rings. The number of anilines is 1. The van der Waals surface area contributed by atoms with E-state index in [0.717, 1.165) is 29.9 Å². The first-order chi connectivity index (χ1) is 13.9. The Hall–Kier alpha value is -2.06. The third-order valence-corrected chi connectivity index (χ3v) is 5.95. The fourth-order valence-corrected chi connectivity index (χ4v) is 4.55. The van der Waals surface area contributed by atoms with E-state index >= 15 is 0 Å². The van der Waals surface area contributed by atoms with E-state index in [1.165, 1.54) is 11.8 Å². The molecule has 7 nitrogen and oxygen atoms in total. The summed E-state index contributed by atoms with van der Waals surface area (Å²) < 4.78 is 7.54. The Labute approximate surface area is 177 Å². The summed E-state index contributed by atoms with van der Waals surface area (Å²) in [4.78, 5) is 17.2. The number of amides is 1. The van der Waals surface area contributed by atoms with Gasteiger partial charge in [-0.2, -0.15) is 0 Å². The van der Waals surface area contributed by atoms with Crippen LogP contribution in [-0.2, 0) is 9.53 Å². The van der Waals surface area contributed by atoms with Gasteiger partial charge < -0.3 is 14.5 Å². The number of hydrogen-bond donors (Lipinski definition) is 0. The van der Waals surface area contributed by atoms with E-state index in [9.17, 15) is 4.79 Å². The summed E-state index contributed by atoms with van der Waals surface area (Å²) in [5, 5.41) is 9.41. The standard InChI is InChI=1S/C21H31N5O2S/c1-15(2)25(16(3)4)19(27)17(5)29-21-23-22-20(24-11-13-28-14-12-24)26(21)18-9-7-6-8-10-18/h6-10,15-17H,11-14H2,1-5H3. The van der Waals surface area contributed by atoms with Crippen molar-refractivity contribution in [1.82, 2.24) is 19.7 Å². The quantitative estimate of drug-likeness (QED) is 0.645. The zero-order valence-corrected chi connectivity index (χ0v) is 18.7. The molecule has 8 heteroatoms. The number of aromatic nitrogens is 3. The molecule has 0 saturated carbocycles. The van der Waals surface area contributed by atoms with Gasteiger partial charge in [0.05, 0.1) is 24.2 Å². The molecule has 0 bridgehead atoms. The summed E-state index contributed by atoms with van der Waals surface area (Å²) in [5.41, 5.74) is 0.991. The van der Waals surface area contributed by atoms with E-state index in [4.69, 9.17) is 4.74 Å². The Morgan fingerprint density at radius 3 is 2.24 bits per heavy atom. The predicted molar refractivity (Wildman–Crippen MR) is 117 cm³/mol. The minimum atomic E-state index is -0.260. The highest BCUT2D eigenvalue weighted by Gasteiger charge is 2.29. The van der Waals surface area contributed by atoms with E-state index < -0.39 is 0 Å². The maximum atomic E-state index is 13.1. The van der Waals surface area contributed by atoms with Gasteiger partial charge in [-0.15, -0.1) is 10.2 Å². The van der Waals surface area contributed by atoms with Crippen LogP contribution in [0.15, 0.2) is 35.5 Å². The number of carbonyl (C=O) groups is 1. The van der Waals surface area contributed by atoms with Gasteiger partial charge in [-0.05, 0) is 46.8 Å². The number of benzene rings is 1. The maximum Gasteiger partial charge on any atom is 0.236 e. The average Bonchev–Trinajstić information content (AvgIpc) is 3.12. The summed E-state index contributed by atoms with van der Waals surface area (Å²) in [6, 6.07) is 10.4. The first kappa shape index (κ1) is 21.6. The zero-order valence-electron chi connectivity index (χ0n) is 17.9. The third kappa shape index (κ3) is 4.93. The molecule has 2 heterocycles. The largest absolute Gasteiger partial charge is 0.378 e. The molecule has 1 aromatic heterocycles. The SMILES string of the molecule is CC(Sc1nnc(N2CCOCC2)n1-c1ccccc1)C(=O)N(C(C)C)C(C)C. The molecule has 0 spiro atoms. The molecule has 1 unspecified atom stereocenters. The number of thioether (sulfide) groups is 1. The van der Waals surface area contributed by atoms with Crippen LogP contribution >= 0.6 is 11.8 Å². The van der Waals surface area contributed by atoms with Crippen LogP contribution in [0, 0.1) is 0 Å². The first-order valence-corrected chi connectivity index (χ1v) is 11.1. The number of para-hydroxylation sites is 1. The molecule has 158 valence electrons. The third-order valence-electron chi connectivity index (χ3n) is 4.92. The van der Waals surface area contributed by atoms with Crippen molar-refractivity contribution in [3.63, 3.8) is 0 Å². The second-order valence-corrected chi connectivity index (χ2v) is 9.05. The van der Waals surface area contributed by atoms with Crippen LogP contribution in [0.3, 0.4) is 0 Å². The lowest BCUT2D eigenvalue weighted by Crippen LogP contribution is -2.45. The van der Waals surface area contributed by atoms with Crippen LogP contribution in [0.25, 0.3) is 5.69 Å². The number of ether oxygens (including phenoxy) is 1. The van der Waals surface area contributed by atoms with Gasteiger partial charge >= 0.3 is 0 Å². The second-order valence-electron chi connectivity index (χ2n) is 7.75. The molecule has 0 radical (unpaired) electrons. The molecule has 3 rings (SSSR count). The summed E-state index contributed by atoms with van der Waals surface area (Å²) in [6.45, 7) is 13.1. The van der Waals surface area contributed by atoms with Crippen LogP contribution in [0.2, 0.25) is 0 Å². The lowest BCUT2D eigenvalue weighted by atomic mass is 10.2. The highest BCUT2D eigenvalue weighted by molar-refractivity contribution is 8.00. The van der Waals surface area contributed by atoms with Crippen molar-refractivity contribution in [2.24, 2.45) is 0 Å². The normalized spacial score (nSPS) is 15.8. The molecule has 0 N–H and O–H groups in total. The minimum Gasteiger partial charge on any atom is -0.378 e. The molecular formula is C21H31N5O2S. The van der Waals surface area contributed by atoms with E-state index in [1.54, 1.807) is 0 Å². The van der Waals surface area contributed by atoms with Gasteiger partial charge in [0.15, 0.2) is 5.16 Å². The van der Waals surface area contributed by atoms with Gasteiger partial charge in [0.2, 0.25) is 11.9 Å². The average molecular weight is 418 g/mol. The van der Waals surface area contributed by atoms with Gasteiger partial charge in [0.1, 0.15) is 0 Å². The van der Waals surface area contributed by atoms with Gasteiger partial charge in [-0.3, -0.25) is 9.36 Å². The van der Waals surface area contributed by atoms with E-state index in [1.807, 2.05) is 42.2 Å². The Balaban J connectivity index is 1.91. The molecule has 1 aromatic carbocycles. The Bertz CT molecular complexity index is 795. The van der Waals surface area contributed by atoms with Crippen molar-refractivity contribution in [2.75, 3.05) is 31.2 Å². The zero-order chi connectivity index (χ0) is 21.0. The molecular weight excluding hydrogens is 386 g/mol. The van der Waals surface area contributed by atoms with Gasteiger partial charge in [0.25, 0.3) is 0 Å². The summed E-state index contributed by atoms with van der Waals surface area (Å²) in [6.07, 6.45) is 0. The minimum absolute atomic E-state index is 0.121. The van der Waals surface area contributed by atoms with Crippen molar-refractivity contribution >= 4 is 23.6 Å². The topological polar surface area (TPSA) is 63.5 Å². The first-order valence-electron chi connectivity index (χ1n) is 10.2. The van der Waals surface area contributed by atoms with Crippen LogP contribution in [0.5, 0.6) is 0 Å². The van der Waals surface area contributed by atoms with Crippen LogP contribution < -0.4 is 4.90 Å². The number of hydrogen-bond acceptors (Lipinski definition) is 6. The fourth-order valence-electron chi connectivity index (χ4n) is 3.63. The predicted octanol–water partition coefficient (Wildman–Crippen LogP) is 3.23. The summed E-state index contributed by atoms with van der Waals surface area (Å²) in [5.74, 6) is 0.918. The van der Waals surface area contributed by atoms with Gasteiger partial charge in [0, 0.05) is 25.2 Å². The number of carbonyl (C=O) groups excluding carboxylic acids is 1. The van der Waals surface area contributed by atoms with Crippen LogP contribution in [-0.4, -0.2) is 69.2 Å².